The van der Waals surface area contributed by atoms with E-state index in [0.29, 0.717) is 110 Å². The third-order valence-corrected chi connectivity index (χ3v) is 18.9. The summed E-state index contributed by atoms with van der Waals surface area (Å²) < 4.78 is 18.9. The zero-order valence-electron chi connectivity index (χ0n) is 52.9. The zero-order chi connectivity index (χ0) is 69.0. The number of nitrogens with one attached hydrogen (secondary N) is 5. The molecule has 492 valence electrons. The minimum atomic E-state index is -0.849. The molecule has 0 bridgehead atoms. The van der Waals surface area contributed by atoms with Crippen LogP contribution in [0.25, 0.3) is 33.1 Å². The van der Waals surface area contributed by atoms with Gasteiger partial charge in [-0.3, -0.25) is 43.1 Å². The Morgan fingerprint density at radius 2 is 0.878 bits per heavy atom. The number of hydrogen-bond donors (Lipinski definition) is 5. The van der Waals surface area contributed by atoms with Crippen molar-refractivity contribution in [1.82, 2.24) is 28.7 Å². The highest BCUT2D eigenvalue weighted by Crippen LogP contribution is 2.36. The number of imidazole rings is 3. The summed E-state index contributed by atoms with van der Waals surface area (Å²) in [7, 11) is 6.83. The van der Waals surface area contributed by atoms with E-state index in [1.54, 1.807) is 127 Å². The number of halogens is 6. The summed E-state index contributed by atoms with van der Waals surface area (Å²) in [6.45, 7) is 2.03. The van der Waals surface area contributed by atoms with Crippen LogP contribution in [0.4, 0.5) is 21.5 Å². The van der Waals surface area contributed by atoms with E-state index in [4.69, 9.17) is 73.0 Å². The first-order valence-electron chi connectivity index (χ1n) is 30.9. The second kappa shape index (κ2) is 27.2. The number of carbonyl (C=O) groups is 3. The highest BCUT2D eigenvalue weighted by atomic mass is 35.5. The molecule has 0 fully saturated rings. The molecule has 24 heteroatoms. The van der Waals surface area contributed by atoms with E-state index in [2.05, 4.69) is 31.7 Å². The molecule has 6 heterocycles. The van der Waals surface area contributed by atoms with Crippen molar-refractivity contribution in [2.24, 2.45) is 36.1 Å². The van der Waals surface area contributed by atoms with Crippen LogP contribution in [0.5, 0.6) is 0 Å². The molecule has 0 saturated carbocycles. The van der Waals surface area contributed by atoms with E-state index in [-0.39, 0.29) is 53.4 Å². The van der Waals surface area contributed by atoms with Gasteiger partial charge in [-0.25, -0.2) is 18.8 Å². The third kappa shape index (κ3) is 13.3. The normalized spacial score (nSPS) is 15.8. The number of benzene rings is 9. The fraction of sp³-hybridized carbons (Fsp3) is 0.149. The van der Waals surface area contributed by atoms with Crippen LogP contribution in [-0.4, -0.2) is 88.7 Å². The number of rotatable bonds is 9. The number of carbonyl (C=O) groups excluding carboxylic acids is 3. The van der Waals surface area contributed by atoms with Gasteiger partial charge in [0.05, 0.1) is 67.3 Å². The Bertz CT molecular complexity index is 5550. The largest absolute Gasteiger partial charge is 0.326 e. The summed E-state index contributed by atoms with van der Waals surface area (Å²) in [5.74, 6) is -1.07. The topological polar surface area (TPSA) is 229 Å². The minimum Gasteiger partial charge on any atom is -0.324 e. The van der Waals surface area contributed by atoms with Crippen molar-refractivity contribution >= 4 is 143 Å². The predicted molar refractivity (Wildman–Crippen MR) is 389 cm³/mol. The summed E-state index contributed by atoms with van der Waals surface area (Å²) in [6.07, 6.45) is 0.814. The maximum absolute atomic E-state index is 14.3. The molecule has 18 nitrogen and oxygen atoms in total. The summed E-state index contributed by atoms with van der Waals surface area (Å²) >= 11 is 31.7. The SMILES string of the molecule is CN1C(=O)C(Cc2c(Cl)cccc2Cl)N=C(c2ccc3c(c2)[nH]c(=O)n3C)c2cc(Cl)ccc21.Cc1cccc(CC2N=C(c3ccc4c(c3)[nH]c(=O)n4C)c3cc(Cl)ccc3NC2=O)c1.Cn1c(=O)[nH]c2cc(C3=NC(Cc4ccccc4F)C(=O)Nc4ccc(Cl)cc43)ccc21. The van der Waals surface area contributed by atoms with E-state index < -0.39 is 18.1 Å². The molecule has 0 radical (unpaired) electrons. The fourth-order valence-corrected chi connectivity index (χ4v) is 13.4. The Balaban J connectivity index is 0.000000132. The number of aliphatic imine (C=N–C) groups is 3. The number of fused-ring (bicyclic) bond motifs is 6. The van der Waals surface area contributed by atoms with E-state index in [1.165, 1.54) is 10.6 Å². The van der Waals surface area contributed by atoms with Crippen molar-refractivity contribution in [3.8, 4) is 0 Å². The van der Waals surface area contributed by atoms with Gasteiger partial charge in [-0.05, 0) is 133 Å². The van der Waals surface area contributed by atoms with Crippen LogP contribution >= 0.6 is 58.0 Å². The van der Waals surface area contributed by atoms with Gasteiger partial charge in [0, 0.05) is 106 Å². The van der Waals surface area contributed by atoms with Crippen molar-refractivity contribution in [2.45, 2.75) is 44.3 Å². The first-order chi connectivity index (χ1) is 47.0. The first-order valence-corrected chi connectivity index (χ1v) is 32.7. The molecule has 0 saturated heterocycles. The quantitative estimate of drug-likeness (QED) is 0.0943. The van der Waals surface area contributed by atoms with Crippen LogP contribution in [-0.2, 0) is 54.8 Å². The number of anilines is 3. The number of amides is 3. The average molecular weight is 1410 g/mol. The van der Waals surface area contributed by atoms with Crippen LogP contribution in [0.2, 0.25) is 25.1 Å². The standard InChI is InChI=1S/C25H19Cl3N4O2.C25H21ClN4O2.C24H18ClFN4O2/c1-31-21-9-7-14(26)11-16(21)23(13-6-8-22-19(10-13)30-25(34)32(22)2)29-20(24(31)33)12-15-17(27)4-3-5-18(15)28;1-14-4-3-5-15(10-14)11-21-24(31)28-19-8-7-17(26)13-18(19)23(27-21)16-6-9-22-20(12-16)29-25(32)30(22)2;1-30-21-9-6-14(11-19(21)29-24(30)32)22-16-12-15(25)7-8-18(16)28-23(31)20(27-22)10-13-4-2-3-5-17(13)26/h3-11,20H,12H2,1-2H3,(H,30,34);3-10,12-13,21H,11H2,1-2H3,(H,28,31)(H,29,32);2-9,11-12,20H,10H2,1H3,(H,28,31)(H,29,32). The molecule has 3 unspecified atom stereocenters. The number of aromatic nitrogens is 6. The molecule has 9 aromatic carbocycles. The third-order valence-electron chi connectivity index (χ3n) is 17.5. The molecule has 3 aromatic heterocycles. The molecule has 3 aliphatic rings. The Labute approximate surface area is 583 Å². The molecule has 3 aliphatic heterocycles. The summed E-state index contributed by atoms with van der Waals surface area (Å²) in [4.78, 5) is 101. The molecule has 0 aliphatic carbocycles. The lowest BCUT2D eigenvalue weighted by Gasteiger charge is -2.21. The Hall–Kier alpha value is -10.4. The maximum Gasteiger partial charge on any atom is 0.326 e. The van der Waals surface area contributed by atoms with Gasteiger partial charge >= 0.3 is 17.1 Å². The molecule has 0 spiro atoms. The van der Waals surface area contributed by atoms with Crippen molar-refractivity contribution in [1.29, 1.82) is 0 Å². The Kier molecular flexibility index (Phi) is 18.4. The van der Waals surface area contributed by atoms with Crippen LogP contribution in [0.15, 0.2) is 205 Å². The lowest BCUT2D eigenvalue weighted by Crippen LogP contribution is -2.36. The van der Waals surface area contributed by atoms with Crippen molar-refractivity contribution in [2.75, 3.05) is 22.6 Å². The highest BCUT2D eigenvalue weighted by Gasteiger charge is 2.33. The number of benzodiazepines with no additional fused rings is 3. The van der Waals surface area contributed by atoms with E-state index >= 15 is 0 Å². The molecule has 5 N–H and O–H groups in total. The van der Waals surface area contributed by atoms with Gasteiger partial charge in [-0.15, -0.1) is 0 Å². The average Bonchev–Trinajstić information content (AvgIpc) is 1.63. The van der Waals surface area contributed by atoms with E-state index in [1.807, 2.05) is 85.8 Å². The van der Waals surface area contributed by atoms with Crippen LogP contribution in [0, 0.1) is 12.7 Å². The summed E-state index contributed by atoms with van der Waals surface area (Å²) in [6, 6.07) is 50.0. The number of hydrogen-bond acceptors (Lipinski definition) is 9. The van der Waals surface area contributed by atoms with Gasteiger partial charge in [0.2, 0.25) is 11.8 Å². The zero-order valence-corrected chi connectivity index (χ0v) is 56.7. The predicted octanol–water partition coefficient (Wildman–Crippen LogP) is 13.5. The summed E-state index contributed by atoms with van der Waals surface area (Å²) in [5, 5.41) is 8.43. The molecular formula is C74H58Cl5FN12O6. The number of H-pyrrole nitrogens is 3. The van der Waals surface area contributed by atoms with Crippen molar-refractivity contribution in [3.63, 3.8) is 0 Å². The fourth-order valence-electron chi connectivity index (χ4n) is 12.4. The first kappa shape index (κ1) is 66.2. The van der Waals surface area contributed by atoms with E-state index in [9.17, 15) is 33.2 Å². The minimum absolute atomic E-state index is 0.105. The van der Waals surface area contributed by atoms with Crippen molar-refractivity contribution < 1.29 is 18.8 Å². The van der Waals surface area contributed by atoms with Gasteiger partial charge < -0.3 is 30.5 Å². The molecule has 15 rings (SSSR count). The molecule has 12 aromatic rings. The van der Waals surface area contributed by atoms with E-state index in [0.717, 1.165) is 44.4 Å². The lowest BCUT2D eigenvalue weighted by molar-refractivity contribution is -0.119. The van der Waals surface area contributed by atoms with Gasteiger partial charge in [-0.2, -0.15) is 0 Å². The van der Waals surface area contributed by atoms with Gasteiger partial charge in [0.15, 0.2) is 0 Å². The molecule has 98 heavy (non-hydrogen) atoms. The number of aromatic amines is 3. The second-order valence-electron chi connectivity index (χ2n) is 24.0. The molecule has 3 atom stereocenters. The monoisotopic (exact) mass is 1400 g/mol. The maximum atomic E-state index is 14.3. The Morgan fingerprint density at radius 3 is 1.37 bits per heavy atom. The van der Waals surface area contributed by atoms with Gasteiger partial charge in [0.25, 0.3) is 5.91 Å². The Morgan fingerprint density at radius 1 is 0.439 bits per heavy atom. The van der Waals surface area contributed by atoms with Crippen LogP contribution in [0.3, 0.4) is 0 Å². The van der Waals surface area contributed by atoms with Gasteiger partial charge in [-0.1, -0.05) is 130 Å². The lowest BCUT2D eigenvalue weighted by atomic mass is 9.99. The number of aryl methyl sites for hydroxylation is 4. The number of nitrogens with zero attached hydrogens (tertiary/aromatic N) is 7. The molecular weight excluding hydrogens is 1350 g/mol. The van der Waals surface area contributed by atoms with Crippen LogP contribution < -0.4 is 32.6 Å². The highest BCUT2D eigenvalue weighted by molar-refractivity contribution is 6.36. The van der Waals surface area contributed by atoms with Crippen LogP contribution in [0.1, 0.15) is 55.6 Å². The van der Waals surface area contributed by atoms with Crippen molar-refractivity contribution in [3.05, 3.63) is 294 Å². The second-order valence-corrected chi connectivity index (χ2v) is 26.1. The number of likely N-dealkylation sites (N-methyl/N-ethyl adjacent to an activating group) is 1. The molecule has 3 amide bonds. The van der Waals surface area contributed by atoms with Gasteiger partial charge in [0.1, 0.15) is 23.9 Å². The smallest absolute Gasteiger partial charge is 0.324 e. The summed E-state index contributed by atoms with van der Waals surface area (Å²) in [5.41, 5.74) is 15.0.